The lowest BCUT2D eigenvalue weighted by Crippen LogP contribution is -2.27. The highest BCUT2D eigenvalue weighted by Gasteiger charge is 2.21. The van der Waals surface area contributed by atoms with E-state index in [1.807, 2.05) is 0 Å². The molecule has 1 aliphatic heterocycles. The van der Waals surface area contributed by atoms with Crippen LogP contribution in [0.2, 0.25) is 0 Å². The van der Waals surface area contributed by atoms with E-state index < -0.39 is 11.6 Å². The Morgan fingerprint density at radius 2 is 1.89 bits per heavy atom. The number of anilines is 1. The molecule has 5 rings (SSSR count). The van der Waals surface area contributed by atoms with Gasteiger partial charge in [0.15, 0.2) is 11.4 Å². The number of carbonyl (C=O) groups is 1. The van der Waals surface area contributed by atoms with Gasteiger partial charge in [0.05, 0.1) is 23.9 Å². The van der Waals surface area contributed by atoms with E-state index in [2.05, 4.69) is 15.1 Å². The van der Waals surface area contributed by atoms with Crippen LogP contribution in [-0.4, -0.2) is 49.1 Å². The number of hydrogen-bond acceptors (Lipinski definition) is 5. The average molecular weight is 503 g/mol. The van der Waals surface area contributed by atoms with Gasteiger partial charge in [0.2, 0.25) is 5.69 Å². The van der Waals surface area contributed by atoms with Crippen LogP contribution < -0.4 is 5.32 Å². The summed E-state index contributed by atoms with van der Waals surface area (Å²) in [5, 5.41) is 3.39. The fraction of sp³-hybridized carbons (Fsp3) is 0.250. The maximum absolute atomic E-state index is 15.1. The van der Waals surface area contributed by atoms with Gasteiger partial charge in [0, 0.05) is 50.7 Å². The summed E-state index contributed by atoms with van der Waals surface area (Å²) in [5.41, 5.74) is 2.42. The predicted molar refractivity (Wildman–Crippen MR) is 137 cm³/mol. The third-order valence-electron chi connectivity index (χ3n) is 6.37. The molecule has 1 saturated heterocycles. The van der Waals surface area contributed by atoms with Gasteiger partial charge < -0.3 is 19.4 Å². The number of benzene rings is 2. The Hall–Kier alpha value is -4.29. The van der Waals surface area contributed by atoms with Crippen LogP contribution in [0.15, 0.2) is 53.1 Å². The topological polar surface area (TPSA) is 72.0 Å². The number of ether oxygens (including phenoxy) is 1. The maximum Gasteiger partial charge on any atom is 0.253 e. The third kappa shape index (κ3) is 4.76. The molecule has 1 N–H and O–H groups in total. The normalized spacial score (nSPS) is 13.9. The first kappa shape index (κ1) is 24.4. The Balaban J connectivity index is 1.53. The van der Waals surface area contributed by atoms with Crippen molar-refractivity contribution in [3.63, 3.8) is 0 Å². The number of carbonyl (C=O) groups excluding carboxylic acids is 1. The van der Waals surface area contributed by atoms with Crippen molar-refractivity contribution in [3.05, 3.63) is 77.3 Å². The van der Waals surface area contributed by atoms with E-state index in [1.165, 1.54) is 23.1 Å². The zero-order valence-corrected chi connectivity index (χ0v) is 20.3. The second-order valence-electron chi connectivity index (χ2n) is 9.08. The number of furan rings is 1. The maximum atomic E-state index is 15.1. The number of hydrogen-bond donors (Lipinski definition) is 1. The van der Waals surface area contributed by atoms with Gasteiger partial charge in [-0.2, -0.15) is 0 Å². The van der Waals surface area contributed by atoms with E-state index in [0.717, 1.165) is 25.1 Å². The number of halogens is 2. The molecule has 1 aliphatic rings. The summed E-state index contributed by atoms with van der Waals surface area (Å²) in [6.07, 6.45) is 2.77. The van der Waals surface area contributed by atoms with Gasteiger partial charge in [-0.15, -0.1) is 0 Å². The molecular formula is C28H24F2N4O3. The molecule has 0 bridgehead atoms. The van der Waals surface area contributed by atoms with Gasteiger partial charge in [-0.1, -0.05) is 6.07 Å². The van der Waals surface area contributed by atoms with Crippen molar-refractivity contribution in [1.82, 2.24) is 9.88 Å². The van der Waals surface area contributed by atoms with Crippen molar-refractivity contribution in [2.24, 2.45) is 0 Å². The summed E-state index contributed by atoms with van der Waals surface area (Å²) in [6, 6.07) is 10.9. The molecular weight excluding hydrogens is 478 g/mol. The predicted octanol–water partition coefficient (Wildman–Crippen LogP) is 6.28. The van der Waals surface area contributed by atoms with Gasteiger partial charge in [0.1, 0.15) is 17.1 Å². The average Bonchev–Trinajstić information content (AvgIpc) is 3.33. The minimum atomic E-state index is -0.646. The molecule has 3 heterocycles. The molecule has 0 unspecified atom stereocenters. The molecule has 2 aromatic heterocycles. The Labute approximate surface area is 212 Å². The highest BCUT2D eigenvalue weighted by Crippen LogP contribution is 2.39. The van der Waals surface area contributed by atoms with Crippen LogP contribution in [0.3, 0.4) is 0 Å². The van der Waals surface area contributed by atoms with Gasteiger partial charge in [0.25, 0.3) is 5.91 Å². The van der Waals surface area contributed by atoms with Crippen LogP contribution in [0.25, 0.3) is 38.4 Å². The molecule has 9 heteroatoms. The van der Waals surface area contributed by atoms with Crippen molar-refractivity contribution < 1.29 is 22.7 Å². The standard InChI is InChI=1S/C28H24F2N4O3/c1-31-23-13-16(5-7-22(23)33-18-8-10-36-11-9-18)26-21(30)15-32-24-14-25(37-27(24)26)19-6-4-17(12-20(19)29)28(35)34(2)3/h4-7,12-15,18,33H,8-11H2,2-3H3. The van der Waals surface area contributed by atoms with E-state index in [9.17, 15) is 9.18 Å². The first-order valence-corrected chi connectivity index (χ1v) is 11.8. The van der Waals surface area contributed by atoms with Crippen molar-refractivity contribution >= 4 is 28.4 Å². The van der Waals surface area contributed by atoms with Crippen molar-refractivity contribution in [2.45, 2.75) is 18.9 Å². The minimum absolute atomic E-state index is 0.123. The van der Waals surface area contributed by atoms with Gasteiger partial charge >= 0.3 is 0 Å². The zero-order chi connectivity index (χ0) is 26.1. The largest absolute Gasteiger partial charge is 0.453 e. The molecule has 0 saturated carbocycles. The first-order valence-electron chi connectivity index (χ1n) is 11.8. The van der Waals surface area contributed by atoms with Crippen LogP contribution in [-0.2, 0) is 4.74 Å². The third-order valence-corrected chi connectivity index (χ3v) is 6.37. The lowest BCUT2D eigenvalue weighted by atomic mass is 10.0. The van der Waals surface area contributed by atoms with E-state index in [1.54, 1.807) is 32.3 Å². The smallest absolute Gasteiger partial charge is 0.253 e. The Morgan fingerprint density at radius 1 is 1.11 bits per heavy atom. The van der Waals surface area contributed by atoms with Crippen molar-refractivity contribution in [3.8, 4) is 22.5 Å². The van der Waals surface area contributed by atoms with Crippen LogP contribution in [0.5, 0.6) is 0 Å². The molecule has 188 valence electrons. The number of aromatic nitrogens is 1. The quantitative estimate of drug-likeness (QED) is 0.325. The van der Waals surface area contributed by atoms with Crippen LogP contribution >= 0.6 is 0 Å². The molecule has 0 radical (unpaired) electrons. The number of rotatable bonds is 5. The second-order valence-corrected chi connectivity index (χ2v) is 9.08. The molecule has 0 spiro atoms. The molecule has 4 aromatic rings. The number of nitrogens with one attached hydrogen (secondary N) is 1. The molecule has 0 aliphatic carbocycles. The molecule has 1 amide bonds. The highest BCUT2D eigenvalue weighted by atomic mass is 19.1. The molecule has 0 atom stereocenters. The number of fused-ring (bicyclic) bond motifs is 1. The van der Waals surface area contributed by atoms with Gasteiger partial charge in [-0.3, -0.25) is 4.79 Å². The molecule has 2 aromatic carbocycles. The number of amides is 1. The van der Waals surface area contributed by atoms with E-state index >= 15 is 4.39 Å². The first-order chi connectivity index (χ1) is 17.9. The lowest BCUT2D eigenvalue weighted by Gasteiger charge is -2.25. The van der Waals surface area contributed by atoms with Crippen molar-refractivity contribution in [2.75, 3.05) is 32.6 Å². The molecule has 7 nitrogen and oxygen atoms in total. The fourth-order valence-electron chi connectivity index (χ4n) is 4.43. The SMILES string of the molecule is [C-]#[N+]c1cc(-c2c(F)cnc3cc(-c4ccc(C(=O)N(C)C)cc4F)oc23)ccc1NC1CCOCC1. The Bertz CT molecular complexity index is 1530. The second kappa shape index (κ2) is 9.99. The Morgan fingerprint density at radius 3 is 2.59 bits per heavy atom. The monoisotopic (exact) mass is 502 g/mol. The Kier molecular flexibility index (Phi) is 6.59. The van der Waals surface area contributed by atoms with Crippen LogP contribution in [0.4, 0.5) is 20.2 Å². The summed E-state index contributed by atoms with van der Waals surface area (Å²) < 4.78 is 41.4. The van der Waals surface area contributed by atoms with E-state index in [4.69, 9.17) is 15.7 Å². The number of nitrogens with zero attached hydrogens (tertiary/aromatic N) is 3. The summed E-state index contributed by atoms with van der Waals surface area (Å²) in [5.74, 6) is -1.44. The van der Waals surface area contributed by atoms with E-state index in [-0.39, 0.29) is 40.0 Å². The summed E-state index contributed by atoms with van der Waals surface area (Å²) in [6.45, 7) is 8.99. The summed E-state index contributed by atoms with van der Waals surface area (Å²) in [4.78, 5) is 21.3. The lowest BCUT2D eigenvalue weighted by molar-refractivity contribution is 0.0827. The zero-order valence-electron chi connectivity index (χ0n) is 20.3. The van der Waals surface area contributed by atoms with Crippen LogP contribution in [0, 0.1) is 18.2 Å². The highest BCUT2D eigenvalue weighted by molar-refractivity contribution is 5.96. The molecule has 1 fully saturated rings. The van der Waals surface area contributed by atoms with Gasteiger partial charge in [-0.25, -0.2) is 18.6 Å². The van der Waals surface area contributed by atoms with Crippen molar-refractivity contribution in [1.29, 1.82) is 0 Å². The van der Waals surface area contributed by atoms with E-state index in [0.29, 0.717) is 35.7 Å². The van der Waals surface area contributed by atoms with Crippen LogP contribution in [0.1, 0.15) is 23.2 Å². The fourth-order valence-corrected chi connectivity index (χ4v) is 4.43. The summed E-state index contributed by atoms with van der Waals surface area (Å²) >= 11 is 0. The minimum Gasteiger partial charge on any atom is -0.453 e. The van der Waals surface area contributed by atoms with Gasteiger partial charge in [-0.05, 0) is 48.7 Å². The number of pyridine rings is 1. The molecule has 37 heavy (non-hydrogen) atoms. The summed E-state index contributed by atoms with van der Waals surface area (Å²) in [7, 11) is 3.17.